The number of benzene rings is 3. The number of ketones is 1. The standard InChI is InChI=1S/C30H30ClNO4/c1-6-36-23-9-7-8-22(17-23)32-26(19-11-14-21(31)15-12-19)25(28(34)29(32)35)27(33)24-16-20(30(3,4)5)13-10-18(24)2/h7-17,26,33H,6H2,1-5H3/b27-25+. The Morgan fingerprint density at radius 3 is 2.36 bits per heavy atom. The van der Waals surface area contributed by atoms with Gasteiger partial charge in [-0.15, -0.1) is 0 Å². The van der Waals surface area contributed by atoms with Gasteiger partial charge in [-0.2, -0.15) is 0 Å². The number of carbonyl (C=O) groups excluding carboxylic acids is 2. The topological polar surface area (TPSA) is 66.8 Å². The summed E-state index contributed by atoms with van der Waals surface area (Å²) in [6.45, 7) is 10.5. The number of nitrogens with zero attached hydrogens (tertiary/aromatic N) is 1. The van der Waals surface area contributed by atoms with Crippen LogP contribution in [-0.2, 0) is 15.0 Å². The molecule has 36 heavy (non-hydrogen) atoms. The van der Waals surface area contributed by atoms with Crippen molar-refractivity contribution >= 4 is 34.7 Å². The van der Waals surface area contributed by atoms with E-state index in [9.17, 15) is 14.7 Å². The number of amides is 1. The second-order valence-electron chi connectivity index (χ2n) is 9.93. The van der Waals surface area contributed by atoms with Crippen LogP contribution < -0.4 is 9.64 Å². The van der Waals surface area contributed by atoms with Crippen molar-refractivity contribution in [3.63, 3.8) is 0 Å². The number of hydrogen-bond donors (Lipinski definition) is 1. The number of rotatable bonds is 5. The van der Waals surface area contributed by atoms with Crippen LogP contribution in [0.2, 0.25) is 5.02 Å². The molecule has 4 rings (SSSR count). The Kier molecular flexibility index (Phi) is 6.96. The van der Waals surface area contributed by atoms with Crippen LogP contribution in [0.15, 0.2) is 72.3 Å². The molecular weight excluding hydrogens is 474 g/mol. The number of carbonyl (C=O) groups is 2. The molecule has 1 aliphatic rings. The number of halogens is 1. The van der Waals surface area contributed by atoms with Crippen molar-refractivity contribution < 1.29 is 19.4 Å². The Morgan fingerprint density at radius 1 is 1.03 bits per heavy atom. The van der Waals surface area contributed by atoms with Gasteiger partial charge in [-0.1, -0.05) is 62.7 Å². The third-order valence-electron chi connectivity index (χ3n) is 6.40. The highest BCUT2D eigenvalue weighted by Gasteiger charge is 2.47. The molecule has 6 heteroatoms. The summed E-state index contributed by atoms with van der Waals surface area (Å²) in [6, 6.07) is 19.0. The fraction of sp³-hybridized carbons (Fsp3) is 0.267. The fourth-order valence-electron chi connectivity index (χ4n) is 4.44. The summed E-state index contributed by atoms with van der Waals surface area (Å²) in [5.74, 6) is -1.06. The fourth-order valence-corrected chi connectivity index (χ4v) is 4.56. The van der Waals surface area contributed by atoms with E-state index in [1.54, 1.807) is 48.5 Å². The summed E-state index contributed by atoms with van der Waals surface area (Å²) in [6.07, 6.45) is 0. The molecule has 0 aromatic heterocycles. The number of aliphatic hydroxyl groups excluding tert-OH is 1. The molecule has 0 aliphatic carbocycles. The highest BCUT2D eigenvalue weighted by molar-refractivity contribution is 6.51. The van der Waals surface area contributed by atoms with Crippen molar-refractivity contribution in [2.75, 3.05) is 11.5 Å². The zero-order chi connectivity index (χ0) is 26.2. The second-order valence-corrected chi connectivity index (χ2v) is 10.4. The molecule has 1 N–H and O–H groups in total. The molecule has 5 nitrogen and oxygen atoms in total. The van der Waals surface area contributed by atoms with Gasteiger partial charge < -0.3 is 9.84 Å². The van der Waals surface area contributed by atoms with E-state index in [1.807, 2.05) is 32.0 Å². The second kappa shape index (κ2) is 9.82. The third-order valence-corrected chi connectivity index (χ3v) is 6.65. The lowest BCUT2D eigenvalue weighted by Crippen LogP contribution is -2.29. The molecule has 0 spiro atoms. The number of Topliss-reactive ketones (excluding diaryl/α,β-unsaturated/α-hetero) is 1. The van der Waals surface area contributed by atoms with Gasteiger partial charge in [0.15, 0.2) is 0 Å². The molecule has 1 amide bonds. The van der Waals surface area contributed by atoms with Crippen LogP contribution in [0.25, 0.3) is 5.76 Å². The molecule has 1 atom stereocenters. The van der Waals surface area contributed by atoms with Gasteiger partial charge in [0.2, 0.25) is 0 Å². The summed E-state index contributed by atoms with van der Waals surface area (Å²) in [5, 5.41) is 12.1. The van der Waals surface area contributed by atoms with Crippen LogP contribution in [-0.4, -0.2) is 23.4 Å². The van der Waals surface area contributed by atoms with E-state index in [0.717, 1.165) is 11.1 Å². The maximum absolute atomic E-state index is 13.5. The Morgan fingerprint density at radius 2 is 1.72 bits per heavy atom. The molecule has 0 radical (unpaired) electrons. The van der Waals surface area contributed by atoms with E-state index in [4.69, 9.17) is 16.3 Å². The average Bonchev–Trinajstić information content (AvgIpc) is 3.09. The first-order chi connectivity index (χ1) is 17.0. The maximum atomic E-state index is 13.5. The van der Waals surface area contributed by atoms with Crippen LogP contribution in [0.4, 0.5) is 5.69 Å². The molecule has 1 heterocycles. The van der Waals surface area contributed by atoms with E-state index in [-0.39, 0.29) is 16.7 Å². The molecule has 1 fully saturated rings. The van der Waals surface area contributed by atoms with Gasteiger partial charge >= 0.3 is 0 Å². The van der Waals surface area contributed by atoms with E-state index in [2.05, 4.69) is 20.8 Å². The van der Waals surface area contributed by atoms with E-state index >= 15 is 0 Å². The lowest BCUT2D eigenvalue weighted by Gasteiger charge is -2.26. The van der Waals surface area contributed by atoms with Crippen molar-refractivity contribution in [2.24, 2.45) is 0 Å². The lowest BCUT2D eigenvalue weighted by atomic mass is 9.84. The van der Waals surface area contributed by atoms with Crippen LogP contribution in [0.1, 0.15) is 56.0 Å². The number of hydrogen-bond acceptors (Lipinski definition) is 4. The smallest absolute Gasteiger partial charge is 0.300 e. The molecule has 1 saturated heterocycles. The van der Waals surface area contributed by atoms with Crippen LogP contribution >= 0.6 is 11.6 Å². The van der Waals surface area contributed by atoms with Crippen LogP contribution in [0.5, 0.6) is 5.75 Å². The largest absolute Gasteiger partial charge is 0.507 e. The predicted octanol–water partition coefficient (Wildman–Crippen LogP) is 6.97. The third kappa shape index (κ3) is 4.76. The van der Waals surface area contributed by atoms with E-state index in [1.165, 1.54) is 4.90 Å². The molecule has 1 unspecified atom stereocenters. The van der Waals surface area contributed by atoms with Crippen molar-refractivity contribution in [3.05, 3.63) is 99.6 Å². The minimum atomic E-state index is -0.836. The van der Waals surface area contributed by atoms with E-state index < -0.39 is 17.7 Å². The minimum Gasteiger partial charge on any atom is -0.507 e. The van der Waals surface area contributed by atoms with Crippen LogP contribution in [0.3, 0.4) is 0 Å². The zero-order valence-corrected chi connectivity index (χ0v) is 21.9. The Balaban J connectivity index is 1.96. The van der Waals surface area contributed by atoms with Gasteiger partial charge in [0.25, 0.3) is 11.7 Å². The monoisotopic (exact) mass is 503 g/mol. The highest BCUT2D eigenvalue weighted by atomic mass is 35.5. The Labute approximate surface area is 217 Å². The minimum absolute atomic E-state index is 0.0401. The Hall–Kier alpha value is -3.57. The first-order valence-corrected chi connectivity index (χ1v) is 12.3. The number of aliphatic hydroxyl groups is 1. The molecule has 0 saturated carbocycles. The van der Waals surface area contributed by atoms with Gasteiger partial charge in [0.05, 0.1) is 18.2 Å². The highest BCUT2D eigenvalue weighted by Crippen LogP contribution is 2.43. The quantitative estimate of drug-likeness (QED) is 0.232. The van der Waals surface area contributed by atoms with Gasteiger partial charge in [-0.05, 0) is 66.3 Å². The summed E-state index contributed by atoms with van der Waals surface area (Å²) in [4.78, 5) is 28.4. The number of anilines is 1. The zero-order valence-electron chi connectivity index (χ0n) is 21.1. The SMILES string of the molecule is CCOc1cccc(N2C(=O)C(=O)/C(=C(/O)c3cc(C(C)(C)C)ccc3C)C2c2ccc(Cl)cc2)c1. The lowest BCUT2D eigenvalue weighted by molar-refractivity contribution is -0.132. The predicted molar refractivity (Wildman–Crippen MR) is 144 cm³/mol. The van der Waals surface area contributed by atoms with E-state index in [0.29, 0.717) is 34.2 Å². The first-order valence-electron chi connectivity index (χ1n) is 11.9. The summed E-state index contributed by atoms with van der Waals surface area (Å²) < 4.78 is 5.63. The molecular formula is C30H30ClNO4. The molecule has 3 aromatic rings. The molecule has 0 bridgehead atoms. The number of aryl methyl sites for hydroxylation is 1. The van der Waals surface area contributed by atoms with Gasteiger partial charge in [0, 0.05) is 22.3 Å². The Bertz CT molecular complexity index is 1350. The first kappa shape index (κ1) is 25.5. The van der Waals surface area contributed by atoms with Gasteiger partial charge in [-0.25, -0.2) is 0 Å². The normalized spacial score (nSPS) is 17.5. The van der Waals surface area contributed by atoms with Crippen molar-refractivity contribution in [1.29, 1.82) is 0 Å². The average molecular weight is 504 g/mol. The maximum Gasteiger partial charge on any atom is 0.300 e. The number of ether oxygens (including phenoxy) is 1. The molecule has 3 aromatic carbocycles. The summed E-state index contributed by atoms with van der Waals surface area (Å²) >= 11 is 6.13. The van der Waals surface area contributed by atoms with Crippen molar-refractivity contribution in [1.82, 2.24) is 0 Å². The summed E-state index contributed by atoms with van der Waals surface area (Å²) in [5.41, 5.74) is 3.38. The van der Waals surface area contributed by atoms with Crippen LogP contribution in [0, 0.1) is 6.92 Å². The van der Waals surface area contributed by atoms with Gasteiger partial charge in [-0.3, -0.25) is 14.5 Å². The van der Waals surface area contributed by atoms with Crippen molar-refractivity contribution in [3.8, 4) is 5.75 Å². The summed E-state index contributed by atoms with van der Waals surface area (Å²) in [7, 11) is 0. The van der Waals surface area contributed by atoms with Crippen molar-refractivity contribution in [2.45, 2.75) is 46.1 Å². The molecule has 1 aliphatic heterocycles. The molecule has 186 valence electrons. The van der Waals surface area contributed by atoms with Gasteiger partial charge in [0.1, 0.15) is 11.5 Å².